The summed E-state index contributed by atoms with van der Waals surface area (Å²) in [7, 11) is 0. The fourth-order valence-corrected chi connectivity index (χ4v) is 4.09. The number of fused-ring (bicyclic) bond motifs is 3. The molecule has 142 valence electrons. The SMILES string of the molecule is CCCc1ccc(NC(=O)CSc2nnc3cc(C)c4ccccc4n23)cc1. The van der Waals surface area contributed by atoms with Crippen molar-refractivity contribution in [1.29, 1.82) is 0 Å². The Bertz CT molecular complexity index is 1130. The van der Waals surface area contributed by atoms with Crippen LogP contribution in [0.25, 0.3) is 16.6 Å². The van der Waals surface area contributed by atoms with Crippen LogP contribution < -0.4 is 5.32 Å². The number of hydrogen-bond acceptors (Lipinski definition) is 4. The number of rotatable bonds is 6. The van der Waals surface area contributed by atoms with Gasteiger partial charge in [-0.05, 0) is 48.7 Å². The van der Waals surface area contributed by atoms with E-state index >= 15 is 0 Å². The maximum atomic E-state index is 12.4. The Kier molecular flexibility index (Phi) is 5.30. The lowest BCUT2D eigenvalue weighted by Crippen LogP contribution is -2.14. The molecule has 0 unspecified atom stereocenters. The molecule has 0 saturated heterocycles. The fourth-order valence-electron chi connectivity index (χ4n) is 3.34. The topological polar surface area (TPSA) is 59.3 Å². The molecule has 0 aliphatic carbocycles. The summed E-state index contributed by atoms with van der Waals surface area (Å²) in [5.41, 5.74) is 5.11. The zero-order valence-electron chi connectivity index (χ0n) is 16.0. The molecule has 0 aliphatic heterocycles. The van der Waals surface area contributed by atoms with Crippen LogP contribution in [-0.2, 0) is 11.2 Å². The van der Waals surface area contributed by atoms with Crippen molar-refractivity contribution in [3.8, 4) is 0 Å². The van der Waals surface area contributed by atoms with Crippen LogP contribution in [0.1, 0.15) is 24.5 Å². The first-order chi connectivity index (χ1) is 13.7. The minimum absolute atomic E-state index is 0.0543. The highest BCUT2D eigenvalue weighted by Crippen LogP contribution is 2.25. The number of carbonyl (C=O) groups is 1. The van der Waals surface area contributed by atoms with E-state index in [9.17, 15) is 4.79 Å². The molecular weight excluding hydrogens is 368 g/mol. The second kappa shape index (κ2) is 8.02. The number of pyridine rings is 1. The summed E-state index contributed by atoms with van der Waals surface area (Å²) in [6.07, 6.45) is 2.17. The quantitative estimate of drug-likeness (QED) is 0.477. The van der Waals surface area contributed by atoms with Crippen molar-refractivity contribution in [2.75, 3.05) is 11.1 Å². The third-order valence-electron chi connectivity index (χ3n) is 4.68. The van der Waals surface area contributed by atoms with Crippen LogP contribution in [0.15, 0.2) is 59.8 Å². The highest BCUT2D eigenvalue weighted by Gasteiger charge is 2.13. The third kappa shape index (κ3) is 3.73. The molecule has 2 heterocycles. The second-order valence-corrected chi connectivity index (χ2v) is 7.75. The van der Waals surface area contributed by atoms with E-state index in [1.165, 1.54) is 17.3 Å². The van der Waals surface area contributed by atoms with E-state index in [2.05, 4.69) is 53.6 Å². The Morgan fingerprint density at radius 2 is 1.89 bits per heavy atom. The fraction of sp³-hybridized carbons (Fsp3) is 0.227. The Labute approximate surface area is 168 Å². The van der Waals surface area contributed by atoms with Crippen LogP contribution in [0.4, 0.5) is 5.69 Å². The van der Waals surface area contributed by atoms with E-state index in [1.807, 2.05) is 34.7 Å². The van der Waals surface area contributed by atoms with E-state index in [0.29, 0.717) is 0 Å². The number of nitrogens with zero attached hydrogens (tertiary/aromatic N) is 3. The normalized spacial score (nSPS) is 11.2. The highest BCUT2D eigenvalue weighted by molar-refractivity contribution is 7.99. The van der Waals surface area contributed by atoms with E-state index in [4.69, 9.17) is 0 Å². The van der Waals surface area contributed by atoms with Gasteiger partial charge < -0.3 is 5.32 Å². The standard InChI is InChI=1S/C22H22N4OS/c1-3-6-16-9-11-17(12-10-16)23-21(27)14-28-22-25-24-20-13-15(2)18-7-4-5-8-19(18)26(20)22/h4-5,7-13H,3,6,14H2,1-2H3,(H,23,27). The molecule has 0 bridgehead atoms. The summed E-state index contributed by atoms with van der Waals surface area (Å²) < 4.78 is 2.01. The largest absolute Gasteiger partial charge is 0.325 e. The lowest BCUT2D eigenvalue weighted by atomic mass is 10.1. The van der Waals surface area contributed by atoms with Gasteiger partial charge in [-0.1, -0.05) is 55.4 Å². The van der Waals surface area contributed by atoms with Crippen molar-refractivity contribution in [3.63, 3.8) is 0 Å². The molecule has 4 aromatic rings. The smallest absolute Gasteiger partial charge is 0.234 e. The van der Waals surface area contributed by atoms with Crippen LogP contribution >= 0.6 is 11.8 Å². The van der Waals surface area contributed by atoms with Gasteiger partial charge in [0.05, 0.1) is 11.3 Å². The number of para-hydroxylation sites is 1. The maximum Gasteiger partial charge on any atom is 0.234 e. The molecule has 4 rings (SSSR count). The summed E-state index contributed by atoms with van der Waals surface area (Å²) in [6, 6.07) is 18.2. The zero-order chi connectivity index (χ0) is 19.5. The number of carbonyl (C=O) groups excluding carboxylic acids is 1. The molecule has 0 radical (unpaired) electrons. The first-order valence-electron chi connectivity index (χ1n) is 9.41. The van der Waals surface area contributed by atoms with Gasteiger partial charge in [-0.25, -0.2) is 0 Å². The van der Waals surface area contributed by atoms with Gasteiger partial charge in [0.1, 0.15) is 0 Å². The minimum atomic E-state index is -0.0543. The van der Waals surface area contributed by atoms with Crippen molar-refractivity contribution >= 4 is 39.9 Å². The molecule has 0 atom stereocenters. The monoisotopic (exact) mass is 390 g/mol. The van der Waals surface area contributed by atoms with Gasteiger partial charge in [0.15, 0.2) is 10.8 Å². The number of anilines is 1. The predicted molar refractivity (Wildman–Crippen MR) is 115 cm³/mol. The van der Waals surface area contributed by atoms with Crippen molar-refractivity contribution in [1.82, 2.24) is 14.6 Å². The molecule has 1 amide bonds. The van der Waals surface area contributed by atoms with E-state index in [1.54, 1.807) is 0 Å². The van der Waals surface area contributed by atoms with Crippen LogP contribution in [0, 0.1) is 6.92 Å². The van der Waals surface area contributed by atoms with Gasteiger partial charge in [-0.3, -0.25) is 9.20 Å². The van der Waals surface area contributed by atoms with Crippen LogP contribution in [0.3, 0.4) is 0 Å². The number of benzene rings is 2. The Morgan fingerprint density at radius 1 is 1.11 bits per heavy atom. The average molecular weight is 391 g/mol. The van der Waals surface area contributed by atoms with Crippen molar-refractivity contribution in [2.24, 2.45) is 0 Å². The summed E-state index contributed by atoms with van der Waals surface area (Å²) in [6.45, 7) is 4.23. The van der Waals surface area contributed by atoms with Gasteiger partial charge in [-0.2, -0.15) is 0 Å². The first kappa shape index (κ1) is 18.5. The summed E-state index contributed by atoms with van der Waals surface area (Å²) in [5, 5.41) is 13.4. The third-order valence-corrected chi connectivity index (χ3v) is 5.61. The number of nitrogens with one attached hydrogen (secondary N) is 1. The van der Waals surface area contributed by atoms with Gasteiger partial charge >= 0.3 is 0 Å². The molecule has 0 saturated carbocycles. The number of amides is 1. The van der Waals surface area contributed by atoms with Gasteiger partial charge in [0.2, 0.25) is 5.91 Å². The van der Waals surface area contributed by atoms with Gasteiger partial charge in [-0.15, -0.1) is 10.2 Å². The van der Waals surface area contributed by atoms with Crippen molar-refractivity contribution < 1.29 is 4.79 Å². The lowest BCUT2D eigenvalue weighted by Gasteiger charge is -2.08. The number of aromatic nitrogens is 3. The number of aryl methyl sites for hydroxylation is 2. The summed E-state index contributed by atoms with van der Waals surface area (Å²) >= 11 is 1.39. The Balaban J connectivity index is 1.49. The molecule has 0 spiro atoms. The predicted octanol–water partition coefficient (Wildman–Crippen LogP) is 4.87. The molecule has 0 fully saturated rings. The molecular formula is C22H22N4OS. The minimum Gasteiger partial charge on any atom is -0.325 e. The Hall–Kier alpha value is -2.86. The van der Waals surface area contributed by atoms with E-state index < -0.39 is 0 Å². The maximum absolute atomic E-state index is 12.4. The van der Waals surface area contributed by atoms with Crippen LogP contribution in [0.5, 0.6) is 0 Å². The lowest BCUT2D eigenvalue weighted by molar-refractivity contribution is -0.113. The molecule has 6 heteroatoms. The number of hydrogen-bond donors (Lipinski definition) is 1. The van der Waals surface area contributed by atoms with Gasteiger partial charge in [0.25, 0.3) is 0 Å². The molecule has 2 aromatic carbocycles. The highest BCUT2D eigenvalue weighted by atomic mass is 32.2. The molecule has 28 heavy (non-hydrogen) atoms. The van der Waals surface area contributed by atoms with Gasteiger partial charge in [0, 0.05) is 11.1 Å². The van der Waals surface area contributed by atoms with Crippen LogP contribution in [-0.4, -0.2) is 26.3 Å². The second-order valence-electron chi connectivity index (χ2n) is 6.80. The number of thioether (sulfide) groups is 1. The van der Waals surface area contributed by atoms with Crippen LogP contribution in [0.2, 0.25) is 0 Å². The van der Waals surface area contributed by atoms with E-state index in [0.717, 1.165) is 45.8 Å². The molecule has 0 aliphatic rings. The Morgan fingerprint density at radius 3 is 2.68 bits per heavy atom. The molecule has 5 nitrogen and oxygen atoms in total. The summed E-state index contributed by atoms with van der Waals surface area (Å²) in [5.74, 6) is 0.223. The van der Waals surface area contributed by atoms with Crippen molar-refractivity contribution in [3.05, 3.63) is 65.7 Å². The first-order valence-corrected chi connectivity index (χ1v) is 10.4. The molecule has 1 N–H and O–H groups in total. The zero-order valence-corrected chi connectivity index (χ0v) is 16.8. The van der Waals surface area contributed by atoms with Crippen molar-refractivity contribution in [2.45, 2.75) is 31.8 Å². The average Bonchev–Trinajstić information content (AvgIpc) is 3.11. The van der Waals surface area contributed by atoms with E-state index in [-0.39, 0.29) is 11.7 Å². The molecule has 2 aromatic heterocycles. The summed E-state index contributed by atoms with van der Waals surface area (Å²) in [4.78, 5) is 12.4.